The van der Waals surface area contributed by atoms with Gasteiger partial charge < -0.3 is 10.4 Å². The summed E-state index contributed by atoms with van der Waals surface area (Å²) in [7, 11) is 0. The second-order valence-electron chi connectivity index (χ2n) is 5.47. The summed E-state index contributed by atoms with van der Waals surface area (Å²) in [6.45, 7) is 6.18. The third kappa shape index (κ3) is 2.80. The van der Waals surface area contributed by atoms with Crippen LogP contribution >= 0.6 is 0 Å². The normalized spacial score (nSPS) is 18.6. The van der Waals surface area contributed by atoms with Crippen LogP contribution in [0.25, 0.3) is 11.0 Å². The molecule has 0 bridgehead atoms. The Morgan fingerprint density at radius 2 is 2.27 bits per heavy atom. The molecule has 1 saturated heterocycles. The van der Waals surface area contributed by atoms with Crippen LogP contribution in [0.2, 0.25) is 0 Å². The minimum Gasteiger partial charge on any atom is -0.507 e. The first-order chi connectivity index (χ1) is 10.7. The molecule has 22 heavy (non-hydrogen) atoms. The highest BCUT2D eigenvalue weighted by atomic mass is 16.3. The maximum atomic E-state index is 12.3. The van der Waals surface area contributed by atoms with Crippen LogP contribution in [0.1, 0.15) is 23.2 Å². The van der Waals surface area contributed by atoms with E-state index in [-0.39, 0.29) is 17.2 Å². The SMILES string of the molecule is C=CCN1CCCC1CNC(=O)c1cc2n[nH]nc2cc1O. The number of benzene rings is 1. The number of nitrogens with one attached hydrogen (secondary N) is 2. The highest BCUT2D eigenvalue weighted by Crippen LogP contribution is 2.22. The van der Waals surface area contributed by atoms with E-state index in [9.17, 15) is 9.90 Å². The molecule has 7 nitrogen and oxygen atoms in total. The van der Waals surface area contributed by atoms with Crippen LogP contribution in [0.15, 0.2) is 24.8 Å². The Morgan fingerprint density at radius 1 is 1.50 bits per heavy atom. The highest BCUT2D eigenvalue weighted by molar-refractivity contribution is 6.00. The summed E-state index contributed by atoms with van der Waals surface area (Å²) < 4.78 is 0. The van der Waals surface area contributed by atoms with Crippen LogP contribution in [-0.2, 0) is 0 Å². The van der Waals surface area contributed by atoms with Gasteiger partial charge in [0.25, 0.3) is 5.91 Å². The van der Waals surface area contributed by atoms with Crippen molar-refractivity contribution in [2.24, 2.45) is 0 Å². The fraction of sp³-hybridized carbons (Fsp3) is 0.400. The van der Waals surface area contributed by atoms with Crippen molar-refractivity contribution in [3.8, 4) is 5.75 Å². The van der Waals surface area contributed by atoms with Gasteiger partial charge in [0.15, 0.2) is 0 Å². The molecular weight excluding hydrogens is 282 g/mol. The molecule has 0 radical (unpaired) electrons. The number of aromatic amines is 1. The Balaban J connectivity index is 1.68. The third-order valence-corrected chi connectivity index (χ3v) is 4.04. The largest absolute Gasteiger partial charge is 0.507 e. The van der Waals surface area contributed by atoms with Gasteiger partial charge in [-0.05, 0) is 25.5 Å². The Hall–Kier alpha value is -2.41. The lowest BCUT2D eigenvalue weighted by atomic mass is 10.1. The lowest BCUT2D eigenvalue weighted by molar-refractivity contribution is 0.0939. The van der Waals surface area contributed by atoms with Crippen molar-refractivity contribution in [1.82, 2.24) is 25.6 Å². The number of likely N-dealkylation sites (tertiary alicyclic amines) is 1. The number of aromatic hydroxyl groups is 1. The number of fused-ring (bicyclic) bond motifs is 1. The molecule has 1 unspecified atom stereocenters. The number of aromatic nitrogens is 3. The van der Waals surface area contributed by atoms with Crippen LogP contribution in [0.4, 0.5) is 0 Å². The maximum Gasteiger partial charge on any atom is 0.255 e. The molecule has 1 aliphatic heterocycles. The number of carbonyl (C=O) groups is 1. The number of nitrogens with zero attached hydrogens (tertiary/aromatic N) is 3. The fourth-order valence-electron chi connectivity index (χ4n) is 2.90. The van der Waals surface area contributed by atoms with Crippen LogP contribution in [0.5, 0.6) is 5.75 Å². The molecule has 3 N–H and O–H groups in total. The average molecular weight is 301 g/mol. The van der Waals surface area contributed by atoms with Gasteiger partial charge in [0.2, 0.25) is 0 Å². The summed E-state index contributed by atoms with van der Waals surface area (Å²) in [5, 5.41) is 23.1. The highest BCUT2D eigenvalue weighted by Gasteiger charge is 2.24. The van der Waals surface area contributed by atoms with Crippen molar-refractivity contribution in [2.75, 3.05) is 19.6 Å². The van der Waals surface area contributed by atoms with Crippen molar-refractivity contribution in [1.29, 1.82) is 0 Å². The van der Waals surface area contributed by atoms with Crippen molar-refractivity contribution in [2.45, 2.75) is 18.9 Å². The van der Waals surface area contributed by atoms with Gasteiger partial charge in [-0.1, -0.05) is 6.08 Å². The first kappa shape index (κ1) is 14.5. The molecule has 1 aromatic carbocycles. The molecule has 7 heteroatoms. The van der Waals surface area contributed by atoms with E-state index in [0.717, 1.165) is 25.9 Å². The molecule has 0 saturated carbocycles. The first-order valence-corrected chi connectivity index (χ1v) is 7.35. The standard InChI is InChI=1S/C15H19N5O2/c1-2-5-20-6-3-4-10(20)9-16-15(22)11-7-12-13(8-14(11)21)18-19-17-12/h2,7-8,10,21H,1,3-6,9H2,(H,16,22)(H,17,18,19). The summed E-state index contributed by atoms with van der Waals surface area (Å²) in [5.74, 6) is -0.388. The minimum atomic E-state index is -0.298. The quantitative estimate of drug-likeness (QED) is 0.718. The Morgan fingerprint density at radius 3 is 3.05 bits per heavy atom. The Kier molecular flexibility index (Phi) is 4.06. The number of hydrogen-bond donors (Lipinski definition) is 3. The molecular formula is C15H19N5O2. The van der Waals surface area contributed by atoms with E-state index in [1.807, 2.05) is 6.08 Å². The number of phenols is 1. The number of amides is 1. The summed E-state index contributed by atoms with van der Waals surface area (Å²) in [4.78, 5) is 14.6. The van der Waals surface area contributed by atoms with Gasteiger partial charge in [0.05, 0.1) is 5.56 Å². The molecule has 0 spiro atoms. The van der Waals surface area contributed by atoms with Crippen molar-refractivity contribution in [3.05, 3.63) is 30.4 Å². The molecule has 1 aliphatic rings. The third-order valence-electron chi connectivity index (χ3n) is 4.04. The fourth-order valence-corrected chi connectivity index (χ4v) is 2.90. The van der Waals surface area contributed by atoms with Gasteiger partial charge in [-0.25, -0.2) is 0 Å². The number of hydrogen-bond acceptors (Lipinski definition) is 5. The molecule has 1 fully saturated rings. The molecule has 1 atom stereocenters. The maximum absolute atomic E-state index is 12.3. The van der Waals surface area contributed by atoms with Crippen LogP contribution in [0.3, 0.4) is 0 Å². The summed E-state index contributed by atoms with van der Waals surface area (Å²) >= 11 is 0. The van der Waals surface area contributed by atoms with E-state index in [1.54, 1.807) is 6.07 Å². The predicted octanol–water partition coefficient (Wildman–Crippen LogP) is 1.04. The van der Waals surface area contributed by atoms with E-state index in [4.69, 9.17) is 0 Å². The second kappa shape index (κ2) is 6.15. The molecule has 3 rings (SSSR count). The Bertz CT molecular complexity index is 696. The number of H-pyrrole nitrogens is 1. The van der Waals surface area contributed by atoms with E-state index in [1.165, 1.54) is 6.07 Å². The monoisotopic (exact) mass is 301 g/mol. The lowest BCUT2D eigenvalue weighted by Crippen LogP contribution is -2.40. The summed E-state index contributed by atoms with van der Waals surface area (Å²) in [6, 6.07) is 3.30. The molecule has 116 valence electrons. The zero-order valence-corrected chi connectivity index (χ0v) is 12.2. The summed E-state index contributed by atoms with van der Waals surface area (Å²) in [6.07, 6.45) is 4.07. The zero-order chi connectivity index (χ0) is 15.5. The molecule has 1 aromatic heterocycles. The predicted molar refractivity (Wildman–Crippen MR) is 82.7 cm³/mol. The molecule has 0 aliphatic carbocycles. The van der Waals surface area contributed by atoms with Gasteiger partial charge >= 0.3 is 0 Å². The Labute approximate surface area is 128 Å². The zero-order valence-electron chi connectivity index (χ0n) is 12.2. The van der Waals surface area contributed by atoms with Gasteiger partial charge in [0, 0.05) is 25.2 Å². The number of rotatable bonds is 5. The van der Waals surface area contributed by atoms with Crippen molar-refractivity contribution in [3.63, 3.8) is 0 Å². The molecule has 1 amide bonds. The second-order valence-corrected chi connectivity index (χ2v) is 5.47. The van der Waals surface area contributed by atoms with Gasteiger partial charge in [-0.2, -0.15) is 15.4 Å². The average Bonchev–Trinajstić information content (AvgIpc) is 3.13. The van der Waals surface area contributed by atoms with Crippen molar-refractivity contribution >= 4 is 16.9 Å². The van der Waals surface area contributed by atoms with Crippen LogP contribution < -0.4 is 5.32 Å². The smallest absolute Gasteiger partial charge is 0.255 e. The molecule has 2 heterocycles. The van der Waals surface area contributed by atoms with E-state index in [0.29, 0.717) is 23.6 Å². The summed E-state index contributed by atoms with van der Waals surface area (Å²) in [5.41, 5.74) is 1.30. The van der Waals surface area contributed by atoms with Crippen LogP contribution in [-0.4, -0.2) is 57.0 Å². The lowest BCUT2D eigenvalue weighted by Gasteiger charge is -2.23. The first-order valence-electron chi connectivity index (χ1n) is 7.35. The van der Waals surface area contributed by atoms with Gasteiger partial charge in [-0.15, -0.1) is 6.58 Å². The minimum absolute atomic E-state index is 0.0896. The van der Waals surface area contributed by atoms with Crippen LogP contribution in [0, 0.1) is 0 Å². The number of carbonyl (C=O) groups excluding carboxylic acids is 1. The topological polar surface area (TPSA) is 94.1 Å². The van der Waals surface area contributed by atoms with Crippen molar-refractivity contribution < 1.29 is 9.90 Å². The molecule has 2 aromatic rings. The number of phenolic OH excluding ortho intramolecular Hbond substituents is 1. The van der Waals surface area contributed by atoms with Gasteiger partial charge in [0.1, 0.15) is 16.8 Å². The van der Waals surface area contributed by atoms with E-state index < -0.39 is 0 Å². The van der Waals surface area contributed by atoms with E-state index in [2.05, 4.69) is 32.2 Å². The van der Waals surface area contributed by atoms with E-state index >= 15 is 0 Å². The van der Waals surface area contributed by atoms with Gasteiger partial charge in [-0.3, -0.25) is 9.69 Å².